The highest BCUT2D eigenvalue weighted by molar-refractivity contribution is 9.10. The van der Waals surface area contributed by atoms with Crippen molar-refractivity contribution >= 4 is 33.7 Å². The number of esters is 2. The lowest BCUT2D eigenvalue weighted by atomic mass is 9.79. The first-order valence-electron chi connectivity index (χ1n) is 9.37. The van der Waals surface area contributed by atoms with Gasteiger partial charge in [0.05, 0.1) is 11.5 Å². The van der Waals surface area contributed by atoms with Crippen LogP contribution in [0.1, 0.15) is 37.6 Å². The highest BCUT2D eigenvalue weighted by Gasteiger charge is 2.55. The fourth-order valence-electron chi connectivity index (χ4n) is 4.74. The van der Waals surface area contributed by atoms with Crippen molar-refractivity contribution in [2.75, 3.05) is 0 Å². The number of carbonyl (C=O) groups is 3. The quantitative estimate of drug-likeness (QED) is 0.644. The van der Waals surface area contributed by atoms with Crippen molar-refractivity contribution < 1.29 is 23.9 Å². The van der Waals surface area contributed by atoms with Crippen LogP contribution in [0.2, 0.25) is 0 Å². The van der Waals surface area contributed by atoms with Gasteiger partial charge in [0.2, 0.25) is 0 Å². The molecule has 0 bridgehead atoms. The van der Waals surface area contributed by atoms with Crippen LogP contribution in [-0.4, -0.2) is 29.9 Å². The fourth-order valence-corrected chi connectivity index (χ4v) is 5.18. The molecule has 146 valence electrons. The molecule has 0 aromatic heterocycles. The summed E-state index contributed by atoms with van der Waals surface area (Å²) in [4.78, 5) is 37.7. The molecule has 0 N–H and O–H groups in total. The summed E-state index contributed by atoms with van der Waals surface area (Å²) in [6, 6.07) is 7.07. The van der Waals surface area contributed by atoms with Crippen LogP contribution >= 0.6 is 15.9 Å². The molecule has 1 aromatic carbocycles. The van der Waals surface area contributed by atoms with Crippen molar-refractivity contribution in [3.8, 4) is 0 Å². The third-order valence-electron chi connectivity index (χ3n) is 6.08. The van der Waals surface area contributed by atoms with E-state index in [0.717, 1.165) is 11.1 Å². The van der Waals surface area contributed by atoms with Crippen molar-refractivity contribution in [1.29, 1.82) is 0 Å². The molecule has 1 aliphatic heterocycles. The van der Waals surface area contributed by atoms with Gasteiger partial charge < -0.3 is 9.47 Å². The van der Waals surface area contributed by atoms with Crippen LogP contribution in [0.5, 0.6) is 0 Å². The maximum Gasteiger partial charge on any atom is 0.339 e. The van der Waals surface area contributed by atoms with Gasteiger partial charge in [0.1, 0.15) is 12.2 Å². The number of ether oxygens (including phenoxy) is 2. The van der Waals surface area contributed by atoms with E-state index in [-0.39, 0.29) is 23.6 Å². The molecule has 3 aliphatic rings. The summed E-state index contributed by atoms with van der Waals surface area (Å²) in [7, 11) is 0. The van der Waals surface area contributed by atoms with Gasteiger partial charge in [0, 0.05) is 28.3 Å². The van der Waals surface area contributed by atoms with Gasteiger partial charge in [-0.05, 0) is 48.0 Å². The average Bonchev–Trinajstić information content (AvgIpc) is 3.05. The van der Waals surface area contributed by atoms with Crippen LogP contribution in [0, 0.1) is 17.8 Å². The van der Waals surface area contributed by atoms with Gasteiger partial charge >= 0.3 is 11.9 Å². The van der Waals surface area contributed by atoms with E-state index < -0.39 is 24.1 Å². The molecule has 1 saturated heterocycles. The topological polar surface area (TPSA) is 69.7 Å². The minimum Gasteiger partial charge on any atom is -0.461 e. The van der Waals surface area contributed by atoms with Crippen LogP contribution < -0.4 is 0 Å². The predicted molar refractivity (Wildman–Crippen MR) is 105 cm³/mol. The van der Waals surface area contributed by atoms with Gasteiger partial charge in [-0.15, -0.1) is 0 Å². The predicted octanol–water partition coefficient (Wildman–Crippen LogP) is 4.02. The number of halogens is 1. The summed E-state index contributed by atoms with van der Waals surface area (Å²) in [5.41, 5.74) is 2.91. The van der Waals surface area contributed by atoms with E-state index in [2.05, 4.69) is 15.9 Å². The van der Waals surface area contributed by atoms with Gasteiger partial charge in [-0.25, -0.2) is 4.79 Å². The molecule has 1 heterocycles. The SMILES string of the molecule is CC1=CC(=O)C2=C(C)C[C@@H](OC(=O)c3ccccc3Br)[C@@H]3[C@@H](OC(=O)[C@@H]3C)[C@@H]12. The molecule has 1 fully saturated rings. The maximum atomic E-state index is 12.8. The van der Waals surface area contributed by atoms with E-state index in [1.54, 1.807) is 24.3 Å². The average molecular weight is 445 g/mol. The van der Waals surface area contributed by atoms with Crippen LogP contribution in [0.3, 0.4) is 0 Å². The first kappa shape index (κ1) is 19.1. The molecule has 0 amide bonds. The van der Waals surface area contributed by atoms with Crippen molar-refractivity contribution in [1.82, 2.24) is 0 Å². The minimum absolute atomic E-state index is 0.0351. The van der Waals surface area contributed by atoms with Gasteiger partial charge in [0.15, 0.2) is 5.78 Å². The van der Waals surface area contributed by atoms with E-state index >= 15 is 0 Å². The zero-order valence-corrected chi connectivity index (χ0v) is 17.5. The highest BCUT2D eigenvalue weighted by Crippen LogP contribution is 2.48. The van der Waals surface area contributed by atoms with E-state index in [9.17, 15) is 14.4 Å². The maximum absolute atomic E-state index is 12.8. The second-order valence-corrected chi connectivity index (χ2v) is 8.67. The van der Waals surface area contributed by atoms with Crippen molar-refractivity contribution in [3.63, 3.8) is 0 Å². The van der Waals surface area contributed by atoms with Gasteiger partial charge in [-0.2, -0.15) is 0 Å². The molecule has 2 aliphatic carbocycles. The lowest BCUT2D eigenvalue weighted by molar-refractivity contribution is -0.144. The number of allylic oxidation sites excluding steroid dienone is 1. The number of ketones is 1. The monoisotopic (exact) mass is 444 g/mol. The Balaban J connectivity index is 1.72. The Morgan fingerprint density at radius 3 is 2.64 bits per heavy atom. The van der Waals surface area contributed by atoms with E-state index in [1.165, 1.54) is 0 Å². The van der Waals surface area contributed by atoms with Crippen molar-refractivity contribution in [2.24, 2.45) is 17.8 Å². The van der Waals surface area contributed by atoms with Gasteiger partial charge in [-0.1, -0.05) is 30.2 Å². The summed E-state index contributed by atoms with van der Waals surface area (Å²) >= 11 is 3.38. The van der Waals surface area contributed by atoms with E-state index in [4.69, 9.17) is 9.47 Å². The number of fused-ring (bicyclic) bond motifs is 3. The molecule has 5 nitrogen and oxygen atoms in total. The second-order valence-electron chi connectivity index (χ2n) is 7.82. The summed E-state index contributed by atoms with van der Waals surface area (Å²) in [6.45, 7) is 5.60. The molecule has 0 spiro atoms. The molecule has 0 unspecified atom stereocenters. The molecular formula is C22H21BrO5. The smallest absolute Gasteiger partial charge is 0.339 e. The van der Waals surface area contributed by atoms with Crippen LogP contribution in [0.4, 0.5) is 0 Å². The first-order chi connectivity index (χ1) is 13.3. The zero-order chi connectivity index (χ0) is 20.2. The highest BCUT2D eigenvalue weighted by atomic mass is 79.9. The Bertz CT molecular complexity index is 944. The Kier molecular flexibility index (Phi) is 4.78. The van der Waals surface area contributed by atoms with E-state index in [0.29, 0.717) is 22.0 Å². The lowest BCUT2D eigenvalue weighted by Crippen LogP contribution is -2.38. The molecule has 0 radical (unpaired) electrons. The summed E-state index contributed by atoms with van der Waals surface area (Å²) in [5, 5.41) is 0. The molecule has 1 aromatic rings. The molecule has 0 saturated carbocycles. The van der Waals surface area contributed by atoms with Crippen LogP contribution in [-0.2, 0) is 19.1 Å². The van der Waals surface area contributed by atoms with Crippen LogP contribution in [0.25, 0.3) is 0 Å². The fraction of sp³-hybridized carbons (Fsp3) is 0.409. The van der Waals surface area contributed by atoms with E-state index in [1.807, 2.05) is 26.8 Å². The second kappa shape index (κ2) is 6.99. The van der Waals surface area contributed by atoms with Gasteiger partial charge in [-0.3, -0.25) is 9.59 Å². The number of rotatable bonds is 2. The number of hydrogen-bond acceptors (Lipinski definition) is 5. The normalized spacial score (nSPS) is 31.7. The third-order valence-corrected chi connectivity index (χ3v) is 6.78. The zero-order valence-electron chi connectivity index (χ0n) is 15.9. The summed E-state index contributed by atoms with van der Waals surface area (Å²) in [5.74, 6) is -1.75. The Labute approximate surface area is 171 Å². The largest absolute Gasteiger partial charge is 0.461 e. The molecule has 6 heteroatoms. The number of hydrogen-bond donors (Lipinski definition) is 0. The first-order valence-corrected chi connectivity index (χ1v) is 10.2. The van der Waals surface area contributed by atoms with Crippen molar-refractivity contribution in [3.05, 3.63) is 57.1 Å². The standard InChI is InChI=1S/C22H21BrO5/c1-10-8-15(24)17-11(2)9-16(19-12(3)21(25)28-20(19)18(10)17)27-22(26)13-6-4-5-7-14(13)23/h4-8,12,16,18-20H,9H2,1-3H3/t12-,16-,18+,19-,20+/m1/s1. The third kappa shape index (κ3) is 2.94. The Hall–Kier alpha value is -2.21. The summed E-state index contributed by atoms with van der Waals surface area (Å²) in [6.07, 6.45) is 1.02. The molecule has 28 heavy (non-hydrogen) atoms. The molecular weight excluding hydrogens is 424 g/mol. The summed E-state index contributed by atoms with van der Waals surface area (Å²) < 4.78 is 12.3. The minimum atomic E-state index is -0.537. The molecule has 5 atom stereocenters. The van der Waals surface area contributed by atoms with Gasteiger partial charge in [0.25, 0.3) is 0 Å². The van der Waals surface area contributed by atoms with Crippen LogP contribution in [0.15, 0.2) is 51.5 Å². The number of benzene rings is 1. The Morgan fingerprint density at radius 1 is 1.21 bits per heavy atom. The molecule has 4 rings (SSSR count). The lowest BCUT2D eigenvalue weighted by Gasteiger charge is -2.29. The number of carbonyl (C=O) groups excluding carboxylic acids is 3. The Morgan fingerprint density at radius 2 is 1.93 bits per heavy atom. The van der Waals surface area contributed by atoms with Crippen molar-refractivity contribution in [2.45, 2.75) is 39.4 Å².